The molecule has 1 aromatic carbocycles. The van der Waals surface area contributed by atoms with E-state index in [1.54, 1.807) is 18.4 Å². The molecule has 3 N–H and O–H groups in total. The molecule has 26 heavy (non-hydrogen) atoms. The van der Waals surface area contributed by atoms with Crippen molar-refractivity contribution in [1.29, 1.82) is 0 Å². The Morgan fingerprint density at radius 1 is 1.23 bits per heavy atom. The zero-order valence-electron chi connectivity index (χ0n) is 14.8. The summed E-state index contributed by atoms with van der Waals surface area (Å²) in [7, 11) is 1.76. The lowest BCUT2D eigenvalue weighted by Gasteiger charge is -2.10. The second-order valence-corrected chi connectivity index (χ2v) is 6.63. The van der Waals surface area contributed by atoms with E-state index in [1.165, 1.54) is 0 Å². The number of nitrogens with zero attached hydrogens (tertiary/aromatic N) is 3. The topological polar surface area (TPSA) is 78.0 Å². The van der Waals surface area contributed by atoms with Gasteiger partial charge in [-0.15, -0.1) is 35.3 Å². The Morgan fingerprint density at radius 3 is 2.73 bits per heavy atom. The van der Waals surface area contributed by atoms with E-state index in [9.17, 15) is 0 Å². The van der Waals surface area contributed by atoms with Crippen molar-refractivity contribution in [2.45, 2.75) is 19.9 Å². The Hall–Kier alpha value is -1.94. The van der Waals surface area contributed by atoms with Crippen molar-refractivity contribution in [2.75, 3.05) is 13.6 Å². The maximum absolute atomic E-state index is 4.46. The van der Waals surface area contributed by atoms with Crippen LogP contribution in [0.5, 0.6) is 0 Å². The Kier molecular flexibility index (Phi) is 8.05. The van der Waals surface area contributed by atoms with Crippen molar-refractivity contribution in [3.8, 4) is 11.3 Å². The van der Waals surface area contributed by atoms with E-state index < -0.39 is 0 Å². The van der Waals surface area contributed by atoms with Crippen molar-refractivity contribution >= 4 is 41.3 Å². The molecule has 0 radical (unpaired) electrons. The average Bonchev–Trinajstić information content (AvgIpc) is 3.28. The molecule has 8 heteroatoms. The van der Waals surface area contributed by atoms with Crippen molar-refractivity contribution in [3.63, 3.8) is 0 Å². The summed E-state index contributed by atoms with van der Waals surface area (Å²) in [5, 5.41) is 9.77. The SMILES string of the molecule is CN=C(NCCc1csc(C)n1)NCc1ncc(-c2ccccc2)[nH]1.I. The van der Waals surface area contributed by atoms with Gasteiger partial charge in [0.15, 0.2) is 5.96 Å². The summed E-state index contributed by atoms with van der Waals surface area (Å²) in [5.74, 6) is 1.63. The maximum Gasteiger partial charge on any atom is 0.191 e. The molecule has 0 aliphatic heterocycles. The number of guanidine groups is 1. The first-order valence-corrected chi connectivity index (χ1v) is 9.07. The van der Waals surface area contributed by atoms with Crippen LogP contribution in [0.15, 0.2) is 46.9 Å². The zero-order chi connectivity index (χ0) is 17.5. The third kappa shape index (κ3) is 5.80. The van der Waals surface area contributed by atoms with Crippen molar-refractivity contribution < 1.29 is 0 Å². The number of aryl methyl sites for hydroxylation is 1. The maximum atomic E-state index is 4.46. The second kappa shape index (κ2) is 10.3. The summed E-state index contributed by atoms with van der Waals surface area (Å²) in [6.45, 7) is 3.40. The van der Waals surface area contributed by atoms with Crippen molar-refractivity contribution in [1.82, 2.24) is 25.6 Å². The highest BCUT2D eigenvalue weighted by molar-refractivity contribution is 14.0. The van der Waals surface area contributed by atoms with Gasteiger partial charge >= 0.3 is 0 Å². The Balaban J connectivity index is 0.00000243. The van der Waals surface area contributed by atoms with Crippen LogP contribution in [0, 0.1) is 6.92 Å². The summed E-state index contributed by atoms with van der Waals surface area (Å²) in [6, 6.07) is 10.2. The summed E-state index contributed by atoms with van der Waals surface area (Å²) in [5.41, 5.74) is 3.26. The number of imidazole rings is 1. The number of H-pyrrole nitrogens is 1. The lowest BCUT2D eigenvalue weighted by Crippen LogP contribution is -2.38. The van der Waals surface area contributed by atoms with Gasteiger partial charge in [-0.1, -0.05) is 30.3 Å². The smallest absolute Gasteiger partial charge is 0.191 e. The van der Waals surface area contributed by atoms with Crippen LogP contribution < -0.4 is 10.6 Å². The fourth-order valence-electron chi connectivity index (χ4n) is 2.44. The molecule has 138 valence electrons. The van der Waals surface area contributed by atoms with Gasteiger partial charge in [0.2, 0.25) is 0 Å². The monoisotopic (exact) mass is 482 g/mol. The highest BCUT2D eigenvalue weighted by Crippen LogP contribution is 2.15. The fourth-order valence-corrected chi connectivity index (χ4v) is 3.08. The van der Waals surface area contributed by atoms with Gasteiger partial charge < -0.3 is 15.6 Å². The fraction of sp³-hybridized carbons (Fsp3) is 0.278. The standard InChI is InChI=1S/C18H22N6S.HI/c1-13-23-15(12-25-13)8-9-20-18(19-2)22-11-17-21-10-16(24-17)14-6-4-3-5-7-14;/h3-7,10,12H,8-9,11H2,1-2H3,(H,21,24)(H2,19,20,22);1H. The van der Waals surface area contributed by atoms with Gasteiger partial charge in [0.05, 0.1) is 29.1 Å². The molecule has 6 nitrogen and oxygen atoms in total. The summed E-state index contributed by atoms with van der Waals surface area (Å²) < 4.78 is 0. The van der Waals surface area contributed by atoms with Crippen LogP contribution >= 0.6 is 35.3 Å². The number of nitrogens with one attached hydrogen (secondary N) is 3. The Morgan fingerprint density at radius 2 is 2.04 bits per heavy atom. The summed E-state index contributed by atoms with van der Waals surface area (Å²) >= 11 is 1.68. The minimum Gasteiger partial charge on any atom is -0.356 e. The van der Waals surface area contributed by atoms with E-state index in [0.29, 0.717) is 6.54 Å². The minimum atomic E-state index is 0. The number of aromatic nitrogens is 3. The molecule has 3 rings (SSSR count). The number of benzene rings is 1. The van der Waals surface area contributed by atoms with Gasteiger partial charge in [-0.2, -0.15) is 0 Å². The Bertz CT molecular complexity index is 827. The number of aliphatic imine (C=N–C) groups is 1. The average molecular weight is 482 g/mol. The third-order valence-corrected chi connectivity index (χ3v) is 4.52. The van der Waals surface area contributed by atoms with Crippen LogP contribution in [0.2, 0.25) is 0 Å². The van der Waals surface area contributed by atoms with Gasteiger partial charge in [-0.3, -0.25) is 4.99 Å². The molecule has 2 aromatic heterocycles. The minimum absolute atomic E-state index is 0. The first-order valence-electron chi connectivity index (χ1n) is 8.19. The van der Waals surface area contributed by atoms with Gasteiger partial charge in [0.25, 0.3) is 0 Å². The van der Waals surface area contributed by atoms with E-state index in [1.807, 2.05) is 31.3 Å². The molecule has 0 amide bonds. The molecule has 3 aromatic rings. The number of rotatable bonds is 6. The first kappa shape index (κ1) is 20.4. The van der Waals surface area contributed by atoms with Gasteiger partial charge in [0.1, 0.15) is 5.82 Å². The van der Waals surface area contributed by atoms with E-state index in [4.69, 9.17) is 0 Å². The Labute approximate surface area is 174 Å². The predicted octanol–water partition coefficient (Wildman–Crippen LogP) is 3.37. The van der Waals surface area contributed by atoms with Gasteiger partial charge in [0, 0.05) is 25.4 Å². The number of aromatic amines is 1. The zero-order valence-corrected chi connectivity index (χ0v) is 18.0. The molecule has 0 spiro atoms. The van der Waals surface area contributed by atoms with Crippen LogP contribution in [-0.2, 0) is 13.0 Å². The molecule has 2 heterocycles. The highest BCUT2D eigenvalue weighted by Gasteiger charge is 2.04. The largest absolute Gasteiger partial charge is 0.356 e. The lowest BCUT2D eigenvalue weighted by atomic mass is 10.2. The van der Waals surface area contributed by atoms with Crippen LogP contribution in [-0.4, -0.2) is 34.5 Å². The molecule has 0 unspecified atom stereocenters. The van der Waals surface area contributed by atoms with E-state index in [2.05, 4.69) is 48.1 Å². The van der Waals surface area contributed by atoms with E-state index in [-0.39, 0.29) is 24.0 Å². The van der Waals surface area contributed by atoms with Crippen molar-refractivity contribution in [3.05, 3.63) is 58.4 Å². The molecule has 0 atom stereocenters. The van der Waals surface area contributed by atoms with E-state index in [0.717, 1.165) is 46.7 Å². The third-order valence-electron chi connectivity index (χ3n) is 3.70. The van der Waals surface area contributed by atoms with E-state index >= 15 is 0 Å². The summed E-state index contributed by atoms with van der Waals surface area (Å²) in [6.07, 6.45) is 2.73. The lowest BCUT2D eigenvalue weighted by molar-refractivity contribution is 0.768. The number of thiazole rings is 1. The summed E-state index contributed by atoms with van der Waals surface area (Å²) in [4.78, 5) is 16.4. The number of hydrogen-bond acceptors (Lipinski definition) is 4. The van der Waals surface area contributed by atoms with Crippen LogP contribution in [0.4, 0.5) is 0 Å². The predicted molar refractivity (Wildman–Crippen MR) is 118 cm³/mol. The van der Waals surface area contributed by atoms with Gasteiger partial charge in [-0.05, 0) is 12.5 Å². The van der Waals surface area contributed by atoms with Gasteiger partial charge in [-0.25, -0.2) is 9.97 Å². The molecule has 0 aliphatic carbocycles. The molecular formula is C18H23IN6S. The normalized spacial score (nSPS) is 11.1. The van der Waals surface area contributed by atoms with Crippen molar-refractivity contribution in [2.24, 2.45) is 4.99 Å². The molecule has 0 saturated heterocycles. The number of halogens is 1. The molecule has 0 fully saturated rings. The van der Waals surface area contributed by atoms with Crippen LogP contribution in [0.3, 0.4) is 0 Å². The number of hydrogen-bond donors (Lipinski definition) is 3. The first-order chi connectivity index (χ1) is 12.2. The van der Waals surface area contributed by atoms with Crippen LogP contribution in [0.25, 0.3) is 11.3 Å². The second-order valence-electron chi connectivity index (χ2n) is 5.57. The highest BCUT2D eigenvalue weighted by atomic mass is 127. The molecule has 0 bridgehead atoms. The van der Waals surface area contributed by atoms with Crippen LogP contribution in [0.1, 0.15) is 16.5 Å². The quantitative estimate of drug-likeness (QED) is 0.286. The molecule has 0 saturated carbocycles. The molecular weight excluding hydrogens is 459 g/mol. The molecule has 0 aliphatic rings.